The predicted molar refractivity (Wildman–Crippen MR) is 77.7 cm³/mol. The number of hydrogen-bond donors (Lipinski definition) is 2. The van der Waals surface area contributed by atoms with E-state index in [9.17, 15) is 4.79 Å². The molecular formula is C16H22N2O2. The highest BCUT2D eigenvalue weighted by molar-refractivity contribution is 5.76. The molecule has 1 heterocycles. The van der Waals surface area contributed by atoms with Crippen LogP contribution >= 0.6 is 0 Å². The van der Waals surface area contributed by atoms with Crippen molar-refractivity contribution in [2.24, 2.45) is 0 Å². The average Bonchev–Trinajstić information content (AvgIpc) is 3.13. The maximum atomic E-state index is 11.5. The molecule has 0 radical (unpaired) electrons. The van der Waals surface area contributed by atoms with Gasteiger partial charge in [0.2, 0.25) is 5.91 Å². The van der Waals surface area contributed by atoms with Gasteiger partial charge in [-0.05, 0) is 43.0 Å². The van der Waals surface area contributed by atoms with Gasteiger partial charge in [0.25, 0.3) is 0 Å². The lowest BCUT2D eigenvalue weighted by atomic mass is 10.1. The van der Waals surface area contributed by atoms with Crippen molar-refractivity contribution in [3.05, 3.63) is 29.3 Å². The smallest absolute Gasteiger partial charge is 0.220 e. The number of benzene rings is 1. The van der Waals surface area contributed by atoms with Crippen LogP contribution in [0.5, 0.6) is 5.75 Å². The van der Waals surface area contributed by atoms with Gasteiger partial charge in [0, 0.05) is 25.4 Å². The van der Waals surface area contributed by atoms with Gasteiger partial charge in [-0.2, -0.15) is 0 Å². The monoisotopic (exact) mass is 274 g/mol. The molecule has 1 aliphatic carbocycles. The van der Waals surface area contributed by atoms with E-state index in [1.807, 2.05) is 0 Å². The maximum absolute atomic E-state index is 11.5. The molecule has 1 aromatic carbocycles. The molecule has 1 aromatic rings. The Morgan fingerprint density at radius 3 is 3.10 bits per heavy atom. The van der Waals surface area contributed by atoms with Crippen LogP contribution in [0, 0.1) is 0 Å². The normalized spacial score (nSPS) is 16.6. The van der Waals surface area contributed by atoms with Crippen LogP contribution in [0.15, 0.2) is 18.2 Å². The Hall–Kier alpha value is -1.55. The van der Waals surface area contributed by atoms with Crippen molar-refractivity contribution in [1.29, 1.82) is 0 Å². The fourth-order valence-corrected chi connectivity index (χ4v) is 2.48. The number of carbonyl (C=O) groups excluding carboxylic acids is 1. The zero-order valence-corrected chi connectivity index (χ0v) is 11.8. The molecule has 1 amide bonds. The Bertz CT molecular complexity index is 483. The summed E-state index contributed by atoms with van der Waals surface area (Å²) < 4.78 is 5.49. The number of ether oxygens (including phenoxy) is 1. The molecular weight excluding hydrogens is 252 g/mol. The molecule has 0 spiro atoms. The average molecular weight is 274 g/mol. The summed E-state index contributed by atoms with van der Waals surface area (Å²) in [6, 6.07) is 6.86. The van der Waals surface area contributed by atoms with Gasteiger partial charge in [0.05, 0.1) is 6.61 Å². The number of nitrogens with one attached hydrogen (secondary N) is 2. The zero-order chi connectivity index (χ0) is 13.8. The van der Waals surface area contributed by atoms with E-state index in [1.165, 1.54) is 11.1 Å². The van der Waals surface area contributed by atoms with E-state index in [0.717, 1.165) is 51.1 Å². The topological polar surface area (TPSA) is 50.4 Å². The third-order valence-corrected chi connectivity index (χ3v) is 3.78. The van der Waals surface area contributed by atoms with Gasteiger partial charge in [-0.3, -0.25) is 4.79 Å². The fraction of sp³-hybridized carbons (Fsp3) is 0.562. The first-order chi connectivity index (χ1) is 9.81. The minimum absolute atomic E-state index is 0.198. The maximum Gasteiger partial charge on any atom is 0.220 e. The predicted octanol–water partition coefficient (Wildman–Crippen LogP) is 1.77. The summed E-state index contributed by atoms with van der Waals surface area (Å²) in [7, 11) is 0. The first-order valence-corrected chi connectivity index (χ1v) is 7.56. The summed E-state index contributed by atoms with van der Waals surface area (Å²) in [4.78, 5) is 11.5. The molecule has 1 aliphatic heterocycles. The van der Waals surface area contributed by atoms with Gasteiger partial charge in [-0.15, -0.1) is 0 Å². The van der Waals surface area contributed by atoms with Crippen LogP contribution in [0.4, 0.5) is 0 Å². The van der Waals surface area contributed by atoms with Crippen molar-refractivity contribution in [1.82, 2.24) is 10.6 Å². The van der Waals surface area contributed by atoms with E-state index >= 15 is 0 Å². The fourth-order valence-electron chi connectivity index (χ4n) is 2.48. The van der Waals surface area contributed by atoms with E-state index in [-0.39, 0.29) is 5.91 Å². The second-order valence-corrected chi connectivity index (χ2v) is 5.66. The van der Waals surface area contributed by atoms with Gasteiger partial charge in [-0.1, -0.05) is 12.1 Å². The Kier molecular flexibility index (Phi) is 4.21. The van der Waals surface area contributed by atoms with Crippen molar-refractivity contribution in [3.8, 4) is 5.75 Å². The quantitative estimate of drug-likeness (QED) is 0.745. The summed E-state index contributed by atoms with van der Waals surface area (Å²) in [5.74, 6) is 1.23. The molecule has 0 bridgehead atoms. The molecule has 0 saturated heterocycles. The molecule has 108 valence electrons. The highest BCUT2D eigenvalue weighted by atomic mass is 16.5. The Labute approximate surface area is 119 Å². The van der Waals surface area contributed by atoms with Crippen molar-refractivity contribution in [2.75, 3.05) is 13.2 Å². The minimum atomic E-state index is 0.198. The zero-order valence-electron chi connectivity index (χ0n) is 11.8. The van der Waals surface area contributed by atoms with Gasteiger partial charge in [0.15, 0.2) is 0 Å². The number of hydrogen-bond acceptors (Lipinski definition) is 3. The van der Waals surface area contributed by atoms with E-state index < -0.39 is 0 Å². The van der Waals surface area contributed by atoms with Gasteiger partial charge >= 0.3 is 0 Å². The molecule has 0 atom stereocenters. The standard InChI is InChI=1S/C16H22N2O2/c19-16(18-14-4-5-14)2-1-8-17-11-12-3-6-15-13(10-12)7-9-20-15/h3,6,10,14,17H,1-2,4-5,7-9,11H2,(H,18,19). The van der Waals surface area contributed by atoms with Gasteiger partial charge < -0.3 is 15.4 Å². The molecule has 3 rings (SSSR count). The Balaban J connectivity index is 1.32. The van der Waals surface area contributed by atoms with Crippen LogP contribution in [-0.4, -0.2) is 25.1 Å². The highest BCUT2D eigenvalue weighted by Gasteiger charge is 2.22. The lowest BCUT2D eigenvalue weighted by molar-refractivity contribution is -0.121. The molecule has 4 heteroatoms. The van der Waals surface area contributed by atoms with Crippen LogP contribution in [0.1, 0.15) is 36.8 Å². The number of amides is 1. The molecule has 1 fully saturated rings. The third kappa shape index (κ3) is 3.73. The summed E-state index contributed by atoms with van der Waals surface area (Å²) in [5.41, 5.74) is 2.60. The Morgan fingerprint density at radius 1 is 1.35 bits per heavy atom. The molecule has 1 saturated carbocycles. The minimum Gasteiger partial charge on any atom is -0.493 e. The van der Waals surface area contributed by atoms with Crippen LogP contribution < -0.4 is 15.4 Å². The molecule has 2 aliphatic rings. The van der Waals surface area contributed by atoms with Gasteiger partial charge in [-0.25, -0.2) is 0 Å². The summed E-state index contributed by atoms with van der Waals surface area (Å²) in [6.45, 7) is 2.55. The van der Waals surface area contributed by atoms with Crippen molar-refractivity contribution in [3.63, 3.8) is 0 Å². The summed E-state index contributed by atoms with van der Waals surface area (Å²) >= 11 is 0. The number of fused-ring (bicyclic) bond motifs is 1. The Morgan fingerprint density at radius 2 is 2.25 bits per heavy atom. The second-order valence-electron chi connectivity index (χ2n) is 5.66. The van der Waals surface area contributed by atoms with Crippen molar-refractivity contribution >= 4 is 5.91 Å². The van der Waals surface area contributed by atoms with Crippen LogP contribution in [0.2, 0.25) is 0 Å². The molecule has 2 N–H and O–H groups in total. The SMILES string of the molecule is O=C(CCCNCc1ccc2c(c1)CCO2)NC1CC1. The lowest BCUT2D eigenvalue weighted by Crippen LogP contribution is -2.26. The van der Waals surface area contributed by atoms with Crippen molar-refractivity contribution < 1.29 is 9.53 Å². The number of carbonyl (C=O) groups is 1. The molecule has 0 aromatic heterocycles. The van der Waals surface area contributed by atoms with Crippen molar-refractivity contribution in [2.45, 2.75) is 44.7 Å². The second kappa shape index (κ2) is 6.27. The molecule has 0 unspecified atom stereocenters. The highest BCUT2D eigenvalue weighted by Crippen LogP contribution is 2.25. The van der Waals surface area contributed by atoms with Gasteiger partial charge in [0.1, 0.15) is 5.75 Å². The van der Waals surface area contributed by atoms with Crippen LogP contribution in [0.25, 0.3) is 0 Å². The lowest BCUT2D eigenvalue weighted by Gasteiger charge is -2.07. The first kappa shape index (κ1) is 13.4. The van der Waals surface area contributed by atoms with E-state index in [2.05, 4.69) is 28.8 Å². The molecule has 20 heavy (non-hydrogen) atoms. The van der Waals surface area contributed by atoms with E-state index in [0.29, 0.717) is 12.5 Å². The van der Waals surface area contributed by atoms with Crippen LogP contribution in [0.3, 0.4) is 0 Å². The number of rotatable bonds is 7. The largest absolute Gasteiger partial charge is 0.493 e. The van der Waals surface area contributed by atoms with E-state index in [1.54, 1.807) is 0 Å². The third-order valence-electron chi connectivity index (χ3n) is 3.78. The van der Waals surface area contributed by atoms with Crippen LogP contribution in [-0.2, 0) is 17.8 Å². The summed E-state index contributed by atoms with van der Waals surface area (Å²) in [6.07, 6.45) is 4.86. The molecule has 4 nitrogen and oxygen atoms in total. The van der Waals surface area contributed by atoms with E-state index in [4.69, 9.17) is 4.74 Å². The summed E-state index contributed by atoms with van der Waals surface area (Å²) in [5, 5.41) is 6.41. The first-order valence-electron chi connectivity index (χ1n) is 7.56.